The molecule has 0 unspecified atom stereocenters. The molecule has 1 aliphatic heterocycles. The Balaban J connectivity index is 2.99. The fraction of sp³-hybridized carbons (Fsp3) is 0.824. The number of hydrogen-bond donors (Lipinski definition) is 0. The van der Waals surface area contributed by atoms with E-state index in [0.29, 0.717) is 0 Å². The third kappa shape index (κ3) is 6.19. The van der Waals surface area contributed by atoms with Crippen LogP contribution in [0.1, 0.15) is 41.5 Å². The summed E-state index contributed by atoms with van der Waals surface area (Å²) in [5.41, 5.74) is -1.35. The summed E-state index contributed by atoms with van der Waals surface area (Å²) < 4.78 is 10.8. The largest absolute Gasteiger partial charge is 0.460 e. The topological polar surface area (TPSA) is 85.4 Å². The molecule has 2 amide bonds. The Morgan fingerprint density at radius 2 is 1.40 bits per heavy atom. The fourth-order valence-corrected chi connectivity index (χ4v) is 2.47. The van der Waals surface area contributed by atoms with Crippen LogP contribution in [0.2, 0.25) is 0 Å². The van der Waals surface area contributed by atoms with Crippen LogP contribution in [0.15, 0.2) is 0 Å². The first-order valence-corrected chi connectivity index (χ1v) is 8.27. The molecular weight excluding hydrogens is 328 g/mol. The molecule has 0 bridgehead atoms. The Labute approximate surface area is 149 Å². The van der Waals surface area contributed by atoms with Gasteiger partial charge in [-0.25, -0.2) is 9.86 Å². The summed E-state index contributed by atoms with van der Waals surface area (Å²) >= 11 is 0. The van der Waals surface area contributed by atoms with Crippen LogP contribution >= 0.6 is 0 Å². The first-order valence-electron chi connectivity index (χ1n) is 8.27. The van der Waals surface area contributed by atoms with E-state index in [9.17, 15) is 14.4 Å². The maximum absolute atomic E-state index is 12.5. The minimum atomic E-state index is -0.767. The number of esters is 1. The summed E-state index contributed by atoms with van der Waals surface area (Å²) in [7, 11) is 2.82. The van der Waals surface area contributed by atoms with Gasteiger partial charge in [-0.15, -0.1) is 0 Å². The van der Waals surface area contributed by atoms with Gasteiger partial charge in [0.2, 0.25) is 0 Å². The molecule has 25 heavy (non-hydrogen) atoms. The average molecular weight is 358 g/mol. The van der Waals surface area contributed by atoms with Gasteiger partial charge in [0.15, 0.2) is 0 Å². The zero-order valence-electron chi connectivity index (χ0n) is 16.4. The van der Waals surface area contributed by atoms with E-state index < -0.39 is 35.1 Å². The lowest BCUT2D eigenvalue weighted by Crippen LogP contribution is -2.40. The van der Waals surface area contributed by atoms with Crippen molar-refractivity contribution in [2.45, 2.75) is 52.7 Å². The van der Waals surface area contributed by atoms with Crippen molar-refractivity contribution >= 4 is 18.0 Å². The first kappa shape index (κ1) is 21.2. The molecule has 2 atom stereocenters. The lowest BCUT2D eigenvalue weighted by Gasteiger charge is -2.25. The highest BCUT2D eigenvalue weighted by atomic mass is 16.7. The quantitative estimate of drug-likeness (QED) is 0.565. The van der Waals surface area contributed by atoms with Crippen LogP contribution in [-0.2, 0) is 23.9 Å². The van der Waals surface area contributed by atoms with Gasteiger partial charge >= 0.3 is 12.1 Å². The Hall–Kier alpha value is -1.83. The van der Waals surface area contributed by atoms with Gasteiger partial charge in [-0.3, -0.25) is 14.4 Å². The smallest absolute Gasteiger partial charge is 0.410 e. The predicted octanol–water partition coefficient (Wildman–Crippen LogP) is 1.83. The highest BCUT2D eigenvalue weighted by Crippen LogP contribution is 2.29. The van der Waals surface area contributed by atoms with Gasteiger partial charge in [-0.05, 0) is 41.5 Å². The number of nitrogens with zero attached hydrogens (tertiary/aromatic N) is 2. The van der Waals surface area contributed by atoms with Crippen molar-refractivity contribution in [3.05, 3.63) is 0 Å². The summed E-state index contributed by atoms with van der Waals surface area (Å²) in [5, 5.41) is 1.06. The van der Waals surface area contributed by atoms with Crippen LogP contribution in [0.4, 0.5) is 4.79 Å². The minimum Gasteiger partial charge on any atom is -0.460 e. The summed E-state index contributed by atoms with van der Waals surface area (Å²) in [6, 6.07) is 0. The third-order valence-electron chi connectivity index (χ3n) is 3.58. The van der Waals surface area contributed by atoms with E-state index in [4.69, 9.17) is 14.3 Å². The molecule has 0 aromatic carbocycles. The van der Waals surface area contributed by atoms with E-state index in [2.05, 4.69) is 0 Å². The van der Waals surface area contributed by atoms with Crippen LogP contribution in [0, 0.1) is 11.8 Å². The normalized spacial score (nSPS) is 21.0. The van der Waals surface area contributed by atoms with Gasteiger partial charge in [-0.2, -0.15) is 0 Å². The van der Waals surface area contributed by atoms with Gasteiger partial charge in [0, 0.05) is 20.1 Å². The predicted molar refractivity (Wildman–Crippen MR) is 90.4 cm³/mol. The molecular formula is C17H30N2O6. The van der Waals surface area contributed by atoms with E-state index in [1.54, 1.807) is 41.5 Å². The zero-order valence-corrected chi connectivity index (χ0v) is 16.4. The Morgan fingerprint density at radius 1 is 0.920 bits per heavy atom. The second kappa shape index (κ2) is 7.59. The van der Waals surface area contributed by atoms with Crippen LogP contribution in [-0.4, -0.2) is 66.4 Å². The first-order chi connectivity index (χ1) is 11.2. The fourth-order valence-electron chi connectivity index (χ4n) is 2.47. The molecule has 0 aliphatic carbocycles. The van der Waals surface area contributed by atoms with E-state index in [1.165, 1.54) is 19.1 Å². The summed E-state index contributed by atoms with van der Waals surface area (Å²) in [5.74, 6) is -2.41. The molecule has 1 rings (SSSR count). The molecule has 0 spiro atoms. The number of hydroxylamine groups is 2. The van der Waals surface area contributed by atoms with Gasteiger partial charge in [0.25, 0.3) is 5.91 Å². The van der Waals surface area contributed by atoms with Gasteiger partial charge in [0.05, 0.1) is 18.9 Å². The number of carbonyl (C=O) groups is 3. The van der Waals surface area contributed by atoms with E-state index >= 15 is 0 Å². The standard InChI is InChI=1S/C17H30N2O6/c1-16(2,3)24-14(21)12-10-19(15(22)25-17(4,5)6)9-11(12)13(20)18(7)23-8/h11-12H,9-10H2,1-8H3/t11-,12-/m0/s1. The van der Waals surface area contributed by atoms with E-state index in [-0.39, 0.29) is 19.0 Å². The van der Waals surface area contributed by atoms with Crippen LogP contribution in [0.5, 0.6) is 0 Å². The summed E-state index contributed by atoms with van der Waals surface area (Å²) in [4.78, 5) is 43.7. The number of ether oxygens (including phenoxy) is 2. The van der Waals surface area contributed by atoms with E-state index in [1.807, 2.05) is 0 Å². The SMILES string of the molecule is CON(C)C(=O)[C@H]1CN(C(=O)OC(C)(C)C)C[C@@H]1C(=O)OC(C)(C)C. The Kier molecular flexibility index (Phi) is 6.44. The van der Waals surface area contributed by atoms with Crippen molar-refractivity contribution < 1.29 is 28.7 Å². The van der Waals surface area contributed by atoms with Crippen LogP contribution in [0.25, 0.3) is 0 Å². The lowest BCUT2D eigenvalue weighted by atomic mass is 9.95. The number of likely N-dealkylation sites (tertiary alicyclic amines) is 1. The highest BCUT2D eigenvalue weighted by molar-refractivity contribution is 5.87. The maximum Gasteiger partial charge on any atom is 0.410 e. The number of carbonyl (C=O) groups excluding carboxylic acids is 3. The lowest BCUT2D eigenvalue weighted by molar-refractivity contribution is -0.178. The Bertz CT molecular complexity index is 520. The zero-order chi connectivity index (χ0) is 19.6. The molecule has 8 heteroatoms. The monoisotopic (exact) mass is 358 g/mol. The molecule has 1 aliphatic rings. The highest BCUT2D eigenvalue weighted by Gasteiger charge is 2.47. The molecule has 0 N–H and O–H groups in total. The van der Waals surface area contributed by atoms with E-state index in [0.717, 1.165) is 5.06 Å². The molecule has 1 saturated heterocycles. The summed E-state index contributed by atoms with van der Waals surface area (Å²) in [6.45, 7) is 10.7. The van der Waals surface area contributed by atoms with Gasteiger partial charge in [0.1, 0.15) is 11.2 Å². The van der Waals surface area contributed by atoms with Crippen LogP contribution in [0.3, 0.4) is 0 Å². The number of rotatable bonds is 3. The number of hydrogen-bond acceptors (Lipinski definition) is 6. The third-order valence-corrected chi connectivity index (χ3v) is 3.58. The minimum absolute atomic E-state index is 0.0672. The van der Waals surface area contributed by atoms with Gasteiger partial charge in [-0.1, -0.05) is 0 Å². The molecule has 8 nitrogen and oxygen atoms in total. The molecule has 0 radical (unpaired) electrons. The van der Waals surface area contributed by atoms with Crippen molar-refractivity contribution in [1.29, 1.82) is 0 Å². The number of amides is 2. The molecule has 0 saturated carbocycles. The molecule has 0 aromatic heterocycles. The molecule has 0 aromatic rings. The van der Waals surface area contributed by atoms with Crippen molar-refractivity contribution in [1.82, 2.24) is 9.96 Å². The summed E-state index contributed by atoms with van der Waals surface area (Å²) in [6.07, 6.45) is -0.559. The van der Waals surface area contributed by atoms with Crippen LogP contribution < -0.4 is 0 Å². The second-order valence-electron chi connectivity index (χ2n) is 8.15. The molecule has 1 heterocycles. The Morgan fingerprint density at radius 3 is 1.84 bits per heavy atom. The van der Waals surface area contributed by atoms with Crippen molar-refractivity contribution in [3.8, 4) is 0 Å². The van der Waals surface area contributed by atoms with Crippen molar-refractivity contribution in [2.75, 3.05) is 27.2 Å². The maximum atomic E-state index is 12.5. The molecule has 1 fully saturated rings. The van der Waals surface area contributed by atoms with Gasteiger partial charge < -0.3 is 14.4 Å². The van der Waals surface area contributed by atoms with Crippen molar-refractivity contribution in [2.24, 2.45) is 11.8 Å². The second-order valence-corrected chi connectivity index (χ2v) is 8.15. The molecule has 144 valence electrons. The van der Waals surface area contributed by atoms with Crippen molar-refractivity contribution in [3.63, 3.8) is 0 Å². The average Bonchev–Trinajstić information content (AvgIpc) is 2.87.